The molecular formula is C13H25N3O2. The smallest absolute Gasteiger partial charge is 0.250 e. The van der Waals surface area contributed by atoms with Crippen LogP contribution in [0.1, 0.15) is 19.8 Å². The molecule has 2 fully saturated rings. The fraction of sp³-hybridized carbons (Fsp3) is 0.923. The van der Waals surface area contributed by atoms with Crippen molar-refractivity contribution < 1.29 is 9.53 Å². The van der Waals surface area contributed by atoms with Crippen molar-refractivity contribution in [1.82, 2.24) is 15.5 Å². The van der Waals surface area contributed by atoms with E-state index in [1.54, 1.807) is 0 Å². The van der Waals surface area contributed by atoms with Crippen LogP contribution in [0.4, 0.5) is 0 Å². The topological polar surface area (TPSA) is 53.6 Å². The molecule has 0 aromatic carbocycles. The summed E-state index contributed by atoms with van der Waals surface area (Å²) in [6.07, 6.45) is 2.31. The third kappa shape index (κ3) is 4.23. The van der Waals surface area contributed by atoms with Gasteiger partial charge in [0.15, 0.2) is 0 Å². The van der Waals surface area contributed by atoms with Crippen molar-refractivity contribution >= 4 is 5.91 Å². The molecule has 0 aliphatic carbocycles. The Kier molecular flexibility index (Phi) is 5.41. The normalized spacial score (nSPS) is 30.1. The average Bonchev–Trinajstić information content (AvgIpc) is 2.40. The zero-order chi connectivity index (χ0) is 12.8. The quantitative estimate of drug-likeness (QED) is 0.732. The van der Waals surface area contributed by atoms with Crippen LogP contribution in [0.2, 0.25) is 0 Å². The van der Waals surface area contributed by atoms with Crippen LogP contribution < -0.4 is 10.6 Å². The number of amides is 1. The number of hydrogen-bond acceptors (Lipinski definition) is 4. The second-order valence-corrected chi connectivity index (χ2v) is 5.40. The molecule has 2 N–H and O–H groups in total. The van der Waals surface area contributed by atoms with Gasteiger partial charge in [-0.2, -0.15) is 0 Å². The van der Waals surface area contributed by atoms with Crippen molar-refractivity contribution in [3.05, 3.63) is 0 Å². The van der Waals surface area contributed by atoms with E-state index in [0.717, 1.165) is 32.1 Å². The number of carbonyl (C=O) groups is 1. The molecule has 5 heteroatoms. The van der Waals surface area contributed by atoms with Crippen LogP contribution in [-0.4, -0.2) is 62.8 Å². The molecule has 2 heterocycles. The molecular weight excluding hydrogens is 230 g/mol. The zero-order valence-electron chi connectivity index (χ0n) is 11.3. The number of carbonyl (C=O) groups excluding carboxylic acids is 1. The fourth-order valence-corrected chi connectivity index (χ4v) is 2.67. The van der Waals surface area contributed by atoms with E-state index in [0.29, 0.717) is 13.2 Å². The Balaban J connectivity index is 1.60. The van der Waals surface area contributed by atoms with Gasteiger partial charge >= 0.3 is 0 Å². The van der Waals surface area contributed by atoms with E-state index >= 15 is 0 Å². The summed E-state index contributed by atoms with van der Waals surface area (Å²) in [4.78, 5) is 14.2. The summed E-state index contributed by atoms with van der Waals surface area (Å²) in [5, 5.41) is 6.13. The van der Waals surface area contributed by atoms with Gasteiger partial charge in [-0.05, 0) is 25.3 Å². The molecule has 2 saturated heterocycles. The standard InChI is InChI=1S/C13H25N3O2/c1-11-3-2-6-16(10-11)7-4-15-13(17)12-9-14-5-8-18-12/h11-12,14H,2-10H2,1H3,(H,15,17). The number of hydrogen-bond donors (Lipinski definition) is 2. The Labute approximate surface area is 109 Å². The summed E-state index contributed by atoms with van der Waals surface area (Å²) < 4.78 is 5.41. The highest BCUT2D eigenvalue weighted by atomic mass is 16.5. The molecule has 0 saturated carbocycles. The van der Waals surface area contributed by atoms with Crippen LogP contribution >= 0.6 is 0 Å². The first-order valence-electron chi connectivity index (χ1n) is 7.08. The number of morpholine rings is 1. The third-order valence-corrected chi connectivity index (χ3v) is 3.69. The van der Waals surface area contributed by atoms with E-state index in [2.05, 4.69) is 22.5 Å². The lowest BCUT2D eigenvalue weighted by Crippen LogP contribution is -2.49. The molecule has 18 heavy (non-hydrogen) atoms. The maximum absolute atomic E-state index is 11.8. The van der Waals surface area contributed by atoms with Crippen molar-refractivity contribution in [3.8, 4) is 0 Å². The van der Waals surface area contributed by atoms with Crippen molar-refractivity contribution in [2.75, 3.05) is 45.9 Å². The van der Waals surface area contributed by atoms with E-state index in [9.17, 15) is 4.79 Å². The predicted molar refractivity (Wildman–Crippen MR) is 70.5 cm³/mol. The highest BCUT2D eigenvalue weighted by molar-refractivity contribution is 5.81. The molecule has 104 valence electrons. The maximum atomic E-state index is 11.8. The van der Waals surface area contributed by atoms with Crippen molar-refractivity contribution in [1.29, 1.82) is 0 Å². The highest BCUT2D eigenvalue weighted by Crippen LogP contribution is 2.14. The van der Waals surface area contributed by atoms with Crippen molar-refractivity contribution in [3.63, 3.8) is 0 Å². The summed E-state index contributed by atoms with van der Waals surface area (Å²) in [6.45, 7) is 8.41. The molecule has 2 atom stereocenters. The van der Waals surface area contributed by atoms with Gasteiger partial charge in [0.2, 0.25) is 0 Å². The van der Waals surface area contributed by atoms with Crippen LogP contribution in [0.5, 0.6) is 0 Å². The highest BCUT2D eigenvalue weighted by Gasteiger charge is 2.21. The zero-order valence-corrected chi connectivity index (χ0v) is 11.3. The first-order chi connectivity index (χ1) is 8.75. The van der Waals surface area contributed by atoms with Gasteiger partial charge in [0.05, 0.1) is 6.61 Å². The molecule has 2 unspecified atom stereocenters. The van der Waals surface area contributed by atoms with Gasteiger partial charge < -0.3 is 20.3 Å². The predicted octanol–water partition coefficient (Wildman–Crippen LogP) is -0.177. The molecule has 2 rings (SSSR count). The van der Waals surface area contributed by atoms with Crippen LogP contribution in [0.3, 0.4) is 0 Å². The molecule has 0 spiro atoms. The maximum Gasteiger partial charge on any atom is 0.250 e. The first kappa shape index (κ1) is 13.8. The van der Waals surface area contributed by atoms with Gasteiger partial charge in [-0.1, -0.05) is 6.92 Å². The first-order valence-corrected chi connectivity index (χ1v) is 7.08. The van der Waals surface area contributed by atoms with E-state index in [1.807, 2.05) is 0 Å². The molecule has 2 aliphatic rings. The minimum absolute atomic E-state index is 0.0206. The van der Waals surface area contributed by atoms with Crippen molar-refractivity contribution in [2.24, 2.45) is 5.92 Å². The molecule has 2 aliphatic heterocycles. The molecule has 0 aromatic heterocycles. The number of ether oxygens (including phenoxy) is 1. The van der Waals surface area contributed by atoms with E-state index in [1.165, 1.54) is 19.4 Å². The lowest BCUT2D eigenvalue weighted by molar-refractivity contribution is -0.134. The Morgan fingerprint density at radius 3 is 3.17 bits per heavy atom. The van der Waals surface area contributed by atoms with E-state index < -0.39 is 0 Å². The second-order valence-electron chi connectivity index (χ2n) is 5.40. The molecule has 0 radical (unpaired) electrons. The lowest BCUT2D eigenvalue weighted by Gasteiger charge is -2.31. The number of piperidine rings is 1. The van der Waals surface area contributed by atoms with Gasteiger partial charge in [0.25, 0.3) is 5.91 Å². The fourth-order valence-electron chi connectivity index (χ4n) is 2.67. The van der Waals surface area contributed by atoms with E-state index in [4.69, 9.17) is 4.74 Å². The minimum atomic E-state index is -0.306. The third-order valence-electron chi connectivity index (χ3n) is 3.69. The van der Waals surface area contributed by atoms with Gasteiger partial charge in [-0.25, -0.2) is 0 Å². The van der Waals surface area contributed by atoms with Gasteiger partial charge in [0, 0.05) is 32.7 Å². The molecule has 5 nitrogen and oxygen atoms in total. The van der Waals surface area contributed by atoms with E-state index in [-0.39, 0.29) is 12.0 Å². The largest absolute Gasteiger partial charge is 0.366 e. The van der Waals surface area contributed by atoms with Crippen LogP contribution in [0.25, 0.3) is 0 Å². The van der Waals surface area contributed by atoms with Gasteiger partial charge in [-0.3, -0.25) is 4.79 Å². The summed E-state index contributed by atoms with van der Waals surface area (Å²) in [6, 6.07) is 0. The minimum Gasteiger partial charge on any atom is -0.366 e. The summed E-state index contributed by atoms with van der Waals surface area (Å²) in [5.41, 5.74) is 0. The number of nitrogens with zero attached hydrogens (tertiary/aromatic N) is 1. The molecule has 1 amide bonds. The summed E-state index contributed by atoms with van der Waals surface area (Å²) in [7, 11) is 0. The molecule has 0 aromatic rings. The summed E-state index contributed by atoms with van der Waals surface area (Å²) in [5.74, 6) is 0.813. The van der Waals surface area contributed by atoms with Gasteiger partial charge in [0.1, 0.15) is 6.10 Å². The lowest BCUT2D eigenvalue weighted by atomic mass is 10.0. The Morgan fingerprint density at radius 2 is 2.44 bits per heavy atom. The van der Waals surface area contributed by atoms with Gasteiger partial charge in [-0.15, -0.1) is 0 Å². The summed E-state index contributed by atoms with van der Waals surface area (Å²) >= 11 is 0. The Morgan fingerprint density at radius 1 is 1.56 bits per heavy atom. The van der Waals surface area contributed by atoms with Crippen LogP contribution in [0, 0.1) is 5.92 Å². The second kappa shape index (κ2) is 7.07. The Hall–Kier alpha value is -0.650. The number of rotatable bonds is 4. The number of nitrogens with one attached hydrogen (secondary N) is 2. The average molecular weight is 255 g/mol. The molecule has 0 bridgehead atoms. The van der Waals surface area contributed by atoms with Crippen LogP contribution in [-0.2, 0) is 9.53 Å². The van der Waals surface area contributed by atoms with Crippen molar-refractivity contribution in [2.45, 2.75) is 25.9 Å². The monoisotopic (exact) mass is 255 g/mol. The SMILES string of the molecule is CC1CCCN(CCNC(=O)C2CNCCO2)C1. The van der Waals surface area contributed by atoms with Crippen LogP contribution in [0.15, 0.2) is 0 Å². The number of likely N-dealkylation sites (tertiary alicyclic amines) is 1. The Bertz CT molecular complexity index is 267.